The molecule has 1 heterocycles. The summed E-state index contributed by atoms with van der Waals surface area (Å²) in [5, 5.41) is 4.41. The van der Waals surface area contributed by atoms with Crippen LogP contribution in [0.5, 0.6) is 0 Å². The molecular formula is C34H40N2O3. The minimum absolute atomic E-state index is 0.0564. The lowest BCUT2D eigenvalue weighted by Crippen LogP contribution is -2.36. The summed E-state index contributed by atoms with van der Waals surface area (Å²) in [6.07, 6.45) is 9.47. The predicted octanol–water partition coefficient (Wildman–Crippen LogP) is 6.86. The number of aromatic nitrogens is 1. The standard InChI is InChI=1S/C34H40N2O3/c1-39-34(38)23-22-30(35-33(37)21-11-3-2-6-14-27-15-7-4-8-16-27)24-29-26-36(25-28-17-9-5-10-18-28)32-20-13-12-19-31(29)32/h4-5,7-10,12-13,15-20,26,30H,2-3,6,11,14,21-25H2,1H3,(H,35,37)/t30-/m0/s1. The van der Waals surface area contributed by atoms with Crippen LogP contribution in [0, 0.1) is 0 Å². The molecule has 5 nitrogen and oxygen atoms in total. The third-order valence-corrected chi connectivity index (χ3v) is 7.28. The summed E-state index contributed by atoms with van der Waals surface area (Å²) in [6.45, 7) is 0.783. The number of hydrogen-bond donors (Lipinski definition) is 1. The van der Waals surface area contributed by atoms with Gasteiger partial charge in [0.05, 0.1) is 7.11 Å². The van der Waals surface area contributed by atoms with Crippen LogP contribution in [-0.2, 0) is 33.7 Å². The van der Waals surface area contributed by atoms with Crippen molar-refractivity contribution in [2.45, 2.75) is 70.4 Å². The van der Waals surface area contributed by atoms with E-state index < -0.39 is 0 Å². The van der Waals surface area contributed by atoms with Crippen LogP contribution in [0.2, 0.25) is 0 Å². The molecule has 3 aromatic carbocycles. The smallest absolute Gasteiger partial charge is 0.305 e. The molecular weight excluding hydrogens is 484 g/mol. The second-order valence-electron chi connectivity index (χ2n) is 10.3. The molecule has 0 aliphatic rings. The molecule has 5 heteroatoms. The number of benzene rings is 3. The summed E-state index contributed by atoms with van der Waals surface area (Å²) in [6, 6.07) is 29.2. The number of nitrogens with zero attached hydrogens (tertiary/aromatic N) is 1. The molecule has 4 rings (SSSR count). The number of hydrogen-bond acceptors (Lipinski definition) is 3. The normalized spacial score (nSPS) is 11.8. The van der Waals surface area contributed by atoms with Crippen molar-refractivity contribution < 1.29 is 14.3 Å². The van der Waals surface area contributed by atoms with Crippen LogP contribution in [0.25, 0.3) is 10.9 Å². The molecule has 0 fully saturated rings. The lowest BCUT2D eigenvalue weighted by atomic mass is 10.0. The Balaban J connectivity index is 1.35. The van der Waals surface area contributed by atoms with Crippen LogP contribution in [0.15, 0.2) is 91.1 Å². The average molecular weight is 525 g/mol. The number of carbonyl (C=O) groups is 2. The van der Waals surface area contributed by atoms with Crippen molar-refractivity contribution in [2.24, 2.45) is 0 Å². The van der Waals surface area contributed by atoms with Crippen LogP contribution in [-0.4, -0.2) is 29.6 Å². The summed E-state index contributed by atoms with van der Waals surface area (Å²) in [5.41, 5.74) is 4.96. The summed E-state index contributed by atoms with van der Waals surface area (Å²) >= 11 is 0. The van der Waals surface area contributed by atoms with E-state index in [0.717, 1.165) is 38.6 Å². The van der Waals surface area contributed by atoms with Crippen molar-refractivity contribution in [2.75, 3.05) is 7.11 Å². The first kappa shape index (κ1) is 28.2. The molecule has 0 saturated carbocycles. The van der Waals surface area contributed by atoms with Gasteiger partial charge in [-0.2, -0.15) is 0 Å². The van der Waals surface area contributed by atoms with Gasteiger partial charge < -0.3 is 14.6 Å². The van der Waals surface area contributed by atoms with Gasteiger partial charge in [0, 0.05) is 42.5 Å². The predicted molar refractivity (Wildman–Crippen MR) is 158 cm³/mol. The van der Waals surface area contributed by atoms with E-state index in [1.165, 1.54) is 34.7 Å². The molecule has 0 saturated heterocycles. The third-order valence-electron chi connectivity index (χ3n) is 7.28. The number of rotatable bonds is 15. The van der Waals surface area contributed by atoms with Crippen molar-refractivity contribution >= 4 is 22.8 Å². The fourth-order valence-corrected chi connectivity index (χ4v) is 5.19. The minimum atomic E-state index is -0.251. The van der Waals surface area contributed by atoms with Gasteiger partial charge in [-0.15, -0.1) is 0 Å². The lowest BCUT2D eigenvalue weighted by Gasteiger charge is -2.18. The zero-order valence-electron chi connectivity index (χ0n) is 23.0. The Bertz CT molecular complexity index is 1310. The first-order chi connectivity index (χ1) is 19.1. The number of fused-ring (bicyclic) bond motifs is 1. The number of methoxy groups -OCH3 is 1. The van der Waals surface area contributed by atoms with Gasteiger partial charge in [0.1, 0.15) is 0 Å². The zero-order chi connectivity index (χ0) is 27.3. The third kappa shape index (κ3) is 8.85. The van der Waals surface area contributed by atoms with Gasteiger partial charge in [0.15, 0.2) is 0 Å². The Morgan fingerprint density at radius 3 is 2.21 bits per heavy atom. The molecule has 4 aromatic rings. The molecule has 1 aromatic heterocycles. The van der Waals surface area contributed by atoms with Gasteiger partial charge >= 0.3 is 5.97 Å². The van der Waals surface area contributed by atoms with E-state index in [1.807, 2.05) is 12.1 Å². The summed E-state index contributed by atoms with van der Waals surface area (Å²) in [4.78, 5) is 24.8. The number of esters is 1. The van der Waals surface area contributed by atoms with Gasteiger partial charge in [-0.1, -0.05) is 91.7 Å². The second kappa shape index (κ2) is 14.9. The van der Waals surface area contributed by atoms with Crippen LogP contribution in [0.3, 0.4) is 0 Å². The Labute approximate surface area is 232 Å². The van der Waals surface area contributed by atoms with E-state index in [0.29, 0.717) is 19.3 Å². The minimum Gasteiger partial charge on any atom is -0.469 e. The largest absolute Gasteiger partial charge is 0.469 e. The summed E-state index contributed by atoms with van der Waals surface area (Å²) < 4.78 is 7.15. The Morgan fingerprint density at radius 1 is 0.795 bits per heavy atom. The highest BCUT2D eigenvalue weighted by Gasteiger charge is 2.18. The van der Waals surface area contributed by atoms with Gasteiger partial charge in [-0.05, 0) is 54.9 Å². The molecule has 0 spiro atoms. The van der Waals surface area contributed by atoms with E-state index in [2.05, 4.69) is 88.9 Å². The Hall–Kier alpha value is -3.86. The molecule has 1 amide bonds. The highest BCUT2D eigenvalue weighted by molar-refractivity contribution is 5.84. The van der Waals surface area contributed by atoms with Crippen molar-refractivity contribution in [3.8, 4) is 0 Å². The van der Waals surface area contributed by atoms with Gasteiger partial charge in [-0.25, -0.2) is 0 Å². The molecule has 39 heavy (non-hydrogen) atoms. The zero-order valence-corrected chi connectivity index (χ0v) is 23.0. The number of ether oxygens (including phenoxy) is 1. The maximum absolute atomic E-state index is 12.9. The number of unbranched alkanes of at least 4 members (excludes halogenated alkanes) is 3. The molecule has 0 aliphatic heterocycles. The maximum Gasteiger partial charge on any atom is 0.305 e. The number of amides is 1. The molecule has 0 bridgehead atoms. The van der Waals surface area contributed by atoms with E-state index in [9.17, 15) is 9.59 Å². The van der Waals surface area contributed by atoms with Crippen molar-refractivity contribution in [1.82, 2.24) is 9.88 Å². The van der Waals surface area contributed by atoms with Gasteiger partial charge in [0.2, 0.25) is 5.91 Å². The Morgan fingerprint density at radius 2 is 1.46 bits per heavy atom. The fourth-order valence-electron chi connectivity index (χ4n) is 5.19. The monoisotopic (exact) mass is 524 g/mol. The Kier molecular flexibility index (Phi) is 10.8. The van der Waals surface area contributed by atoms with Crippen molar-refractivity contribution in [1.29, 1.82) is 0 Å². The van der Waals surface area contributed by atoms with Crippen molar-refractivity contribution in [3.05, 3.63) is 108 Å². The number of aryl methyl sites for hydroxylation is 1. The average Bonchev–Trinajstić information content (AvgIpc) is 3.31. The van der Waals surface area contributed by atoms with Gasteiger partial charge in [0.25, 0.3) is 0 Å². The topological polar surface area (TPSA) is 60.3 Å². The van der Waals surface area contributed by atoms with Crippen molar-refractivity contribution in [3.63, 3.8) is 0 Å². The molecule has 204 valence electrons. The fraction of sp³-hybridized carbons (Fsp3) is 0.353. The summed E-state index contributed by atoms with van der Waals surface area (Å²) in [5.74, 6) is -0.194. The molecule has 1 N–H and O–H groups in total. The summed E-state index contributed by atoms with van der Waals surface area (Å²) in [7, 11) is 1.41. The molecule has 0 unspecified atom stereocenters. The van der Waals surface area contributed by atoms with E-state index in [4.69, 9.17) is 4.74 Å². The SMILES string of the molecule is COC(=O)CC[C@@H](Cc1cn(Cc2ccccc2)c2ccccc12)NC(=O)CCCCCCc1ccccc1. The van der Waals surface area contributed by atoms with E-state index in [1.54, 1.807) is 0 Å². The van der Waals surface area contributed by atoms with Crippen LogP contribution >= 0.6 is 0 Å². The second-order valence-corrected chi connectivity index (χ2v) is 10.3. The van der Waals surface area contributed by atoms with Crippen LogP contribution < -0.4 is 5.32 Å². The van der Waals surface area contributed by atoms with Crippen LogP contribution in [0.1, 0.15) is 61.6 Å². The highest BCUT2D eigenvalue weighted by Crippen LogP contribution is 2.24. The van der Waals surface area contributed by atoms with Crippen LogP contribution in [0.4, 0.5) is 0 Å². The number of nitrogens with one attached hydrogen (secondary N) is 1. The number of carbonyl (C=O) groups excluding carboxylic acids is 2. The molecule has 1 atom stereocenters. The lowest BCUT2D eigenvalue weighted by molar-refractivity contribution is -0.141. The first-order valence-corrected chi connectivity index (χ1v) is 14.1. The maximum atomic E-state index is 12.9. The first-order valence-electron chi connectivity index (χ1n) is 14.1. The quantitative estimate of drug-likeness (QED) is 0.136. The van der Waals surface area contributed by atoms with E-state index >= 15 is 0 Å². The molecule has 0 aliphatic carbocycles. The number of para-hydroxylation sites is 1. The van der Waals surface area contributed by atoms with Gasteiger partial charge in [-0.3, -0.25) is 9.59 Å². The molecule has 0 radical (unpaired) electrons. The van der Waals surface area contributed by atoms with E-state index in [-0.39, 0.29) is 24.3 Å². The highest BCUT2D eigenvalue weighted by atomic mass is 16.5.